The Morgan fingerprint density at radius 3 is 2.56 bits per heavy atom. The molecule has 0 bridgehead atoms. The standard InChI is InChI=1S/C13H21N3/c1-2-7-16(9-10-3-4-10)11-5-6-12(14)13(15)8-11/h5-6,8,10H,2-4,7,9,14-15H2,1H3. The summed E-state index contributed by atoms with van der Waals surface area (Å²) in [6.45, 7) is 4.47. The van der Waals surface area contributed by atoms with E-state index in [4.69, 9.17) is 11.5 Å². The van der Waals surface area contributed by atoms with Gasteiger partial charge in [0, 0.05) is 18.8 Å². The van der Waals surface area contributed by atoms with Crippen LogP contribution in [0.3, 0.4) is 0 Å². The van der Waals surface area contributed by atoms with Crippen LogP contribution in [0.2, 0.25) is 0 Å². The largest absolute Gasteiger partial charge is 0.397 e. The Hall–Kier alpha value is -1.38. The monoisotopic (exact) mass is 219 g/mol. The van der Waals surface area contributed by atoms with E-state index >= 15 is 0 Å². The maximum atomic E-state index is 5.85. The highest BCUT2D eigenvalue weighted by Gasteiger charge is 2.24. The Morgan fingerprint density at radius 1 is 1.25 bits per heavy atom. The predicted molar refractivity (Wildman–Crippen MR) is 70.5 cm³/mol. The molecule has 0 saturated heterocycles. The van der Waals surface area contributed by atoms with Crippen molar-refractivity contribution in [2.75, 3.05) is 29.5 Å². The van der Waals surface area contributed by atoms with Gasteiger partial charge in [-0.15, -0.1) is 0 Å². The molecule has 4 N–H and O–H groups in total. The maximum absolute atomic E-state index is 5.85. The van der Waals surface area contributed by atoms with Gasteiger partial charge in [0.25, 0.3) is 0 Å². The number of rotatable bonds is 5. The normalized spacial score (nSPS) is 15.1. The predicted octanol–water partition coefficient (Wildman–Crippen LogP) is 2.48. The summed E-state index contributed by atoms with van der Waals surface area (Å²) < 4.78 is 0. The van der Waals surface area contributed by atoms with Gasteiger partial charge in [-0.3, -0.25) is 0 Å². The lowest BCUT2D eigenvalue weighted by atomic mass is 10.2. The highest BCUT2D eigenvalue weighted by atomic mass is 15.1. The molecular formula is C13H21N3. The summed E-state index contributed by atoms with van der Waals surface area (Å²) in [7, 11) is 0. The lowest BCUT2D eigenvalue weighted by Gasteiger charge is -2.24. The smallest absolute Gasteiger partial charge is 0.0568 e. The molecule has 0 aromatic heterocycles. The van der Waals surface area contributed by atoms with Gasteiger partial charge in [0.15, 0.2) is 0 Å². The van der Waals surface area contributed by atoms with Gasteiger partial charge in [-0.2, -0.15) is 0 Å². The van der Waals surface area contributed by atoms with Crippen molar-refractivity contribution in [2.24, 2.45) is 5.92 Å². The Balaban J connectivity index is 2.12. The molecule has 0 heterocycles. The fraction of sp³-hybridized carbons (Fsp3) is 0.538. The van der Waals surface area contributed by atoms with Crippen LogP contribution in [0.1, 0.15) is 26.2 Å². The summed E-state index contributed by atoms with van der Waals surface area (Å²) in [4.78, 5) is 2.42. The van der Waals surface area contributed by atoms with Crippen LogP contribution in [0.25, 0.3) is 0 Å². The highest BCUT2D eigenvalue weighted by Crippen LogP contribution is 2.32. The van der Waals surface area contributed by atoms with Crippen molar-refractivity contribution < 1.29 is 0 Å². The van der Waals surface area contributed by atoms with Crippen molar-refractivity contribution in [1.82, 2.24) is 0 Å². The summed E-state index contributed by atoms with van der Waals surface area (Å²) in [5.41, 5.74) is 14.2. The number of nitrogen functional groups attached to an aromatic ring is 2. The fourth-order valence-electron chi connectivity index (χ4n) is 1.97. The first-order valence-electron chi connectivity index (χ1n) is 6.10. The van der Waals surface area contributed by atoms with Crippen LogP contribution in [0.4, 0.5) is 17.1 Å². The molecule has 0 radical (unpaired) electrons. The van der Waals surface area contributed by atoms with Gasteiger partial charge in [-0.25, -0.2) is 0 Å². The summed E-state index contributed by atoms with van der Waals surface area (Å²) in [6.07, 6.45) is 3.92. The van der Waals surface area contributed by atoms with Gasteiger partial charge in [-0.1, -0.05) is 6.92 Å². The minimum Gasteiger partial charge on any atom is -0.397 e. The third-order valence-electron chi connectivity index (χ3n) is 3.10. The minimum absolute atomic E-state index is 0.673. The molecule has 0 unspecified atom stereocenters. The molecule has 1 aliphatic carbocycles. The summed E-state index contributed by atoms with van der Waals surface area (Å²) in [6, 6.07) is 5.97. The molecule has 0 aliphatic heterocycles. The minimum atomic E-state index is 0.673. The van der Waals surface area contributed by atoms with Gasteiger partial charge < -0.3 is 16.4 Å². The number of hydrogen-bond donors (Lipinski definition) is 2. The van der Waals surface area contributed by atoms with Gasteiger partial charge in [-0.05, 0) is 43.4 Å². The van der Waals surface area contributed by atoms with Crippen LogP contribution in [0, 0.1) is 5.92 Å². The van der Waals surface area contributed by atoms with E-state index in [1.165, 1.54) is 18.5 Å². The van der Waals surface area contributed by atoms with Gasteiger partial charge in [0.05, 0.1) is 11.4 Å². The van der Waals surface area contributed by atoms with E-state index in [0.717, 1.165) is 25.4 Å². The number of nitrogens with two attached hydrogens (primary N) is 2. The fourth-order valence-corrected chi connectivity index (χ4v) is 1.97. The van der Waals surface area contributed by atoms with Crippen molar-refractivity contribution in [1.29, 1.82) is 0 Å². The molecular weight excluding hydrogens is 198 g/mol. The molecule has 0 spiro atoms. The van der Waals surface area contributed by atoms with Crippen molar-refractivity contribution in [3.05, 3.63) is 18.2 Å². The second kappa shape index (κ2) is 4.64. The zero-order chi connectivity index (χ0) is 11.5. The topological polar surface area (TPSA) is 55.3 Å². The molecule has 2 rings (SSSR count). The molecule has 3 nitrogen and oxygen atoms in total. The molecule has 16 heavy (non-hydrogen) atoms. The highest BCUT2D eigenvalue weighted by molar-refractivity contribution is 5.69. The maximum Gasteiger partial charge on any atom is 0.0568 e. The summed E-state index contributed by atoms with van der Waals surface area (Å²) in [5.74, 6) is 0.894. The second-order valence-corrected chi connectivity index (χ2v) is 4.70. The number of hydrogen-bond acceptors (Lipinski definition) is 3. The zero-order valence-electron chi connectivity index (χ0n) is 9.95. The zero-order valence-corrected chi connectivity index (χ0v) is 9.95. The Morgan fingerprint density at radius 2 is 2.00 bits per heavy atom. The van der Waals surface area contributed by atoms with Crippen molar-refractivity contribution in [3.63, 3.8) is 0 Å². The van der Waals surface area contributed by atoms with E-state index in [9.17, 15) is 0 Å². The first-order chi connectivity index (χ1) is 7.70. The van der Waals surface area contributed by atoms with Crippen LogP contribution in [0.5, 0.6) is 0 Å². The first kappa shape index (κ1) is 11.1. The average molecular weight is 219 g/mol. The quantitative estimate of drug-likeness (QED) is 0.748. The Bertz CT molecular complexity index is 358. The third kappa shape index (κ3) is 2.60. The van der Waals surface area contributed by atoms with Crippen LogP contribution in [-0.4, -0.2) is 13.1 Å². The van der Waals surface area contributed by atoms with E-state index in [1.54, 1.807) is 0 Å². The van der Waals surface area contributed by atoms with Gasteiger partial charge >= 0.3 is 0 Å². The Labute approximate surface area is 97.4 Å². The first-order valence-corrected chi connectivity index (χ1v) is 6.10. The third-order valence-corrected chi connectivity index (χ3v) is 3.10. The van der Waals surface area contributed by atoms with Crippen molar-refractivity contribution >= 4 is 17.1 Å². The van der Waals surface area contributed by atoms with E-state index in [0.29, 0.717) is 11.4 Å². The molecule has 1 aliphatic rings. The van der Waals surface area contributed by atoms with Crippen molar-refractivity contribution in [2.45, 2.75) is 26.2 Å². The molecule has 3 heteroatoms. The van der Waals surface area contributed by atoms with Crippen molar-refractivity contribution in [3.8, 4) is 0 Å². The molecule has 1 aromatic carbocycles. The number of nitrogens with zero attached hydrogens (tertiary/aromatic N) is 1. The van der Waals surface area contributed by atoms with E-state index in [2.05, 4.69) is 17.9 Å². The molecule has 0 atom stereocenters. The van der Waals surface area contributed by atoms with Crippen LogP contribution < -0.4 is 16.4 Å². The lowest BCUT2D eigenvalue weighted by molar-refractivity contribution is 0.708. The van der Waals surface area contributed by atoms with Crippen LogP contribution in [-0.2, 0) is 0 Å². The van der Waals surface area contributed by atoms with Crippen LogP contribution in [0.15, 0.2) is 18.2 Å². The Kier molecular flexibility index (Phi) is 3.22. The molecule has 88 valence electrons. The van der Waals surface area contributed by atoms with E-state index in [-0.39, 0.29) is 0 Å². The summed E-state index contributed by atoms with van der Waals surface area (Å²) >= 11 is 0. The van der Waals surface area contributed by atoms with Crippen LogP contribution >= 0.6 is 0 Å². The van der Waals surface area contributed by atoms with Gasteiger partial charge in [0.1, 0.15) is 0 Å². The number of anilines is 3. The van der Waals surface area contributed by atoms with Gasteiger partial charge in [0.2, 0.25) is 0 Å². The molecule has 1 aromatic rings. The summed E-state index contributed by atoms with van der Waals surface area (Å²) in [5, 5.41) is 0. The van der Waals surface area contributed by atoms with E-state index < -0.39 is 0 Å². The molecule has 0 amide bonds. The molecule has 1 fully saturated rings. The lowest BCUT2D eigenvalue weighted by Crippen LogP contribution is -2.26. The molecule has 1 saturated carbocycles. The SMILES string of the molecule is CCCN(CC1CC1)c1ccc(N)c(N)c1. The second-order valence-electron chi connectivity index (χ2n) is 4.70. The number of benzene rings is 1. The average Bonchev–Trinajstić information content (AvgIpc) is 3.05. The van der Waals surface area contributed by atoms with E-state index in [1.807, 2.05) is 12.1 Å².